The molecular weight excluding hydrogens is 693 g/mol. The van der Waals surface area contributed by atoms with Crippen LogP contribution in [0.2, 0.25) is 0 Å². The average molecular weight is 746 g/mol. The number of carbonyl (C=O) groups excluding carboxylic acids is 1. The lowest BCUT2D eigenvalue weighted by Gasteiger charge is -2.09. The Labute approximate surface area is 275 Å². The van der Waals surface area contributed by atoms with Crippen LogP contribution < -0.4 is 5.32 Å². The van der Waals surface area contributed by atoms with Gasteiger partial charge in [-0.2, -0.15) is 0 Å². The topological polar surface area (TPSA) is 131 Å². The van der Waals surface area contributed by atoms with Gasteiger partial charge in [0.2, 0.25) is 0 Å². The van der Waals surface area contributed by atoms with Crippen molar-refractivity contribution in [3.05, 3.63) is 35.9 Å². The van der Waals surface area contributed by atoms with Crippen LogP contribution in [0.4, 0.5) is 4.79 Å². The number of carbonyl (C=O) groups is 1. The fraction of sp³-hybridized carbons (Fsp3) is 0.767. The Bertz CT molecular complexity index is 723. The number of alkyl carbamates (subject to hydrolysis) is 1. The van der Waals surface area contributed by atoms with E-state index in [4.69, 9.17) is 52.1 Å². The van der Waals surface area contributed by atoms with Gasteiger partial charge in [0.25, 0.3) is 0 Å². The van der Waals surface area contributed by atoms with Crippen LogP contribution in [0.1, 0.15) is 5.56 Å². The van der Waals surface area contributed by atoms with Crippen molar-refractivity contribution in [1.29, 1.82) is 0 Å². The largest absolute Gasteiger partial charge is 0.445 e. The van der Waals surface area contributed by atoms with Crippen molar-refractivity contribution in [3.8, 4) is 0 Å². The van der Waals surface area contributed by atoms with E-state index in [1.807, 2.05) is 30.3 Å². The molecule has 13 nitrogen and oxygen atoms in total. The third kappa shape index (κ3) is 30.8. The van der Waals surface area contributed by atoms with Crippen LogP contribution in [-0.2, 0) is 58.7 Å². The third-order valence-electron chi connectivity index (χ3n) is 5.30. The Hall–Kier alpha value is -1.18. The standard InChI is InChI=1S/C30H52INO12/c31-6-8-34-10-12-36-14-16-38-18-20-40-22-24-42-26-27-43-25-23-41-21-19-39-17-15-37-13-11-35-9-7-32-30(33)44-28-29-4-2-1-3-5-29/h1-5H,6-28H2,(H,32,33). The highest BCUT2D eigenvalue weighted by molar-refractivity contribution is 14.1. The summed E-state index contributed by atoms with van der Waals surface area (Å²) in [6, 6.07) is 9.51. The van der Waals surface area contributed by atoms with Crippen LogP contribution in [0.3, 0.4) is 0 Å². The molecule has 0 aromatic heterocycles. The summed E-state index contributed by atoms with van der Waals surface area (Å²) in [5, 5.41) is 2.64. The second kappa shape index (κ2) is 34.7. The molecule has 0 unspecified atom stereocenters. The summed E-state index contributed by atoms with van der Waals surface area (Å²) in [4.78, 5) is 11.6. The fourth-order valence-electron chi connectivity index (χ4n) is 3.14. The molecule has 1 aromatic carbocycles. The summed E-state index contributed by atoms with van der Waals surface area (Å²) in [6.45, 7) is 11.0. The van der Waals surface area contributed by atoms with Gasteiger partial charge in [0.15, 0.2) is 0 Å². The van der Waals surface area contributed by atoms with Gasteiger partial charge in [0.1, 0.15) is 6.61 Å². The van der Waals surface area contributed by atoms with E-state index in [0.29, 0.717) is 132 Å². The van der Waals surface area contributed by atoms with Crippen molar-refractivity contribution < 1.29 is 56.9 Å². The van der Waals surface area contributed by atoms with Crippen LogP contribution in [-0.4, -0.2) is 149 Å². The van der Waals surface area contributed by atoms with Gasteiger partial charge in [-0.05, 0) is 5.56 Å². The maximum absolute atomic E-state index is 11.6. The van der Waals surface area contributed by atoms with Gasteiger partial charge in [-0.25, -0.2) is 4.79 Å². The number of hydrogen-bond donors (Lipinski definition) is 1. The molecule has 1 amide bonds. The molecule has 0 heterocycles. The predicted molar refractivity (Wildman–Crippen MR) is 172 cm³/mol. The Morgan fingerprint density at radius 3 is 1.14 bits per heavy atom. The second-order valence-electron chi connectivity index (χ2n) is 8.80. The van der Waals surface area contributed by atoms with E-state index < -0.39 is 6.09 Å². The molecule has 0 radical (unpaired) electrons. The molecule has 0 atom stereocenters. The molecule has 0 saturated carbocycles. The molecule has 1 rings (SSSR count). The second-order valence-corrected chi connectivity index (χ2v) is 9.88. The number of amides is 1. The Morgan fingerprint density at radius 1 is 0.477 bits per heavy atom. The lowest BCUT2D eigenvalue weighted by atomic mass is 10.2. The van der Waals surface area contributed by atoms with E-state index in [1.54, 1.807) is 0 Å². The van der Waals surface area contributed by atoms with Gasteiger partial charge in [0.05, 0.1) is 132 Å². The van der Waals surface area contributed by atoms with E-state index in [-0.39, 0.29) is 6.61 Å². The number of alkyl halides is 1. The van der Waals surface area contributed by atoms with Crippen LogP contribution in [0, 0.1) is 0 Å². The summed E-state index contributed by atoms with van der Waals surface area (Å²) >= 11 is 2.27. The van der Waals surface area contributed by atoms with Crippen molar-refractivity contribution >= 4 is 28.7 Å². The highest BCUT2D eigenvalue weighted by Crippen LogP contribution is 2.00. The average Bonchev–Trinajstić information content (AvgIpc) is 3.04. The molecule has 256 valence electrons. The number of hydrogen-bond acceptors (Lipinski definition) is 12. The Balaban J connectivity index is 1.64. The van der Waals surface area contributed by atoms with Crippen molar-refractivity contribution in [2.24, 2.45) is 0 Å². The minimum absolute atomic E-state index is 0.240. The summed E-state index contributed by atoms with van der Waals surface area (Å²) in [5.74, 6) is 0. The zero-order valence-corrected chi connectivity index (χ0v) is 28.1. The monoisotopic (exact) mass is 745 g/mol. The first-order valence-corrected chi connectivity index (χ1v) is 16.6. The molecule has 0 spiro atoms. The summed E-state index contributed by atoms with van der Waals surface area (Å²) in [6.07, 6.45) is -0.467. The zero-order valence-electron chi connectivity index (χ0n) is 25.9. The van der Waals surface area contributed by atoms with Crippen molar-refractivity contribution in [1.82, 2.24) is 5.32 Å². The molecule has 0 bridgehead atoms. The summed E-state index contributed by atoms with van der Waals surface area (Å²) < 4.78 is 60.4. The van der Waals surface area contributed by atoms with Crippen molar-refractivity contribution in [2.45, 2.75) is 6.61 Å². The van der Waals surface area contributed by atoms with Gasteiger partial charge in [-0.3, -0.25) is 0 Å². The zero-order chi connectivity index (χ0) is 31.4. The minimum Gasteiger partial charge on any atom is -0.445 e. The van der Waals surface area contributed by atoms with E-state index in [9.17, 15) is 4.79 Å². The minimum atomic E-state index is -0.467. The molecule has 1 aromatic rings. The number of benzene rings is 1. The number of ether oxygens (including phenoxy) is 11. The van der Waals surface area contributed by atoms with Crippen LogP contribution >= 0.6 is 22.6 Å². The lowest BCUT2D eigenvalue weighted by molar-refractivity contribution is -0.0261. The number of nitrogens with one attached hydrogen (secondary N) is 1. The Kier molecular flexibility index (Phi) is 32.2. The molecule has 14 heteroatoms. The Morgan fingerprint density at radius 2 is 0.795 bits per heavy atom. The smallest absolute Gasteiger partial charge is 0.407 e. The fourth-order valence-corrected chi connectivity index (χ4v) is 3.45. The molecule has 0 fully saturated rings. The first-order valence-electron chi connectivity index (χ1n) is 15.1. The van der Waals surface area contributed by atoms with E-state index in [0.717, 1.165) is 16.6 Å². The molecule has 0 aliphatic heterocycles. The van der Waals surface area contributed by atoms with Gasteiger partial charge in [-0.1, -0.05) is 52.9 Å². The van der Waals surface area contributed by atoms with Crippen LogP contribution in [0.15, 0.2) is 30.3 Å². The molecule has 1 N–H and O–H groups in total. The maximum Gasteiger partial charge on any atom is 0.407 e. The van der Waals surface area contributed by atoms with Gasteiger partial charge in [0, 0.05) is 11.0 Å². The van der Waals surface area contributed by atoms with E-state index in [2.05, 4.69) is 27.9 Å². The first-order chi connectivity index (χ1) is 21.8. The van der Waals surface area contributed by atoms with E-state index in [1.165, 1.54) is 0 Å². The van der Waals surface area contributed by atoms with Crippen LogP contribution in [0.5, 0.6) is 0 Å². The normalized spacial score (nSPS) is 11.2. The highest BCUT2D eigenvalue weighted by Gasteiger charge is 2.02. The third-order valence-corrected chi connectivity index (χ3v) is 5.74. The number of rotatable bonds is 34. The van der Waals surface area contributed by atoms with Crippen molar-refractivity contribution in [3.63, 3.8) is 0 Å². The van der Waals surface area contributed by atoms with E-state index >= 15 is 0 Å². The van der Waals surface area contributed by atoms with Gasteiger partial charge >= 0.3 is 6.09 Å². The van der Waals surface area contributed by atoms with Gasteiger partial charge in [-0.15, -0.1) is 0 Å². The van der Waals surface area contributed by atoms with Gasteiger partial charge < -0.3 is 57.4 Å². The molecule has 0 aliphatic rings. The van der Waals surface area contributed by atoms with Crippen molar-refractivity contribution in [2.75, 3.05) is 143 Å². The molecule has 0 aliphatic carbocycles. The lowest BCUT2D eigenvalue weighted by Crippen LogP contribution is -2.28. The molecule has 44 heavy (non-hydrogen) atoms. The summed E-state index contributed by atoms with van der Waals surface area (Å²) in [5.41, 5.74) is 0.939. The quantitative estimate of drug-likeness (QED) is 0.0633. The highest BCUT2D eigenvalue weighted by atomic mass is 127. The first kappa shape index (κ1) is 40.8. The molecular formula is C30H52INO12. The number of halogens is 1. The summed E-state index contributed by atoms with van der Waals surface area (Å²) in [7, 11) is 0. The van der Waals surface area contributed by atoms with Crippen LogP contribution in [0.25, 0.3) is 0 Å². The SMILES string of the molecule is O=C(NCCOCCOCCOCCOCCOCCOCCOCCOCCOCCOCCI)OCc1ccccc1. The maximum atomic E-state index is 11.6. The molecule has 0 saturated heterocycles. The predicted octanol–water partition coefficient (Wildman–Crippen LogP) is 2.51.